The van der Waals surface area contributed by atoms with Gasteiger partial charge < -0.3 is 6.92 Å². The van der Waals surface area contributed by atoms with Crippen molar-refractivity contribution >= 4 is 23.8 Å². The van der Waals surface area contributed by atoms with Crippen LogP contribution in [0.2, 0.25) is 0 Å². The van der Waals surface area contributed by atoms with Gasteiger partial charge >= 0.3 is 17.1 Å². The summed E-state index contributed by atoms with van der Waals surface area (Å²) in [5.41, 5.74) is 0. The standard InChI is InChI=1S/C18H15P.C5H5.C2H5.Cu/c1-4-10-16(11-5-1)19(17-12-6-2-7-13-17)18-14-8-3-9-15-18;1-2-4-5-3-1;1-2;/h1-15H;1-3H,4H2;1H2,2H3;/q;2*-1;+2. The summed E-state index contributed by atoms with van der Waals surface area (Å²) in [4.78, 5) is 0. The minimum absolute atomic E-state index is 0. The molecule has 3 aromatic carbocycles. The zero-order valence-electron chi connectivity index (χ0n) is 15.6. The summed E-state index contributed by atoms with van der Waals surface area (Å²) in [5.74, 6) is 0. The molecular formula is C25H25CuP. The molecule has 0 saturated carbocycles. The molecule has 0 unspecified atom stereocenters. The zero-order chi connectivity index (χ0) is 18.5. The van der Waals surface area contributed by atoms with Crippen molar-refractivity contribution in [3.8, 4) is 0 Å². The van der Waals surface area contributed by atoms with Gasteiger partial charge in [-0.25, -0.2) is 12.2 Å². The fraction of sp³-hybridized carbons (Fsp3) is 0.0800. The molecule has 0 nitrogen and oxygen atoms in total. The molecule has 141 valence electrons. The van der Waals surface area contributed by atoms with Crippen LogP contribution in [-0.2, 0) is 17.1 Å². The summed E-state index contributed by atoms with van der Waals surface area (Å²) in [5, 5.41) is 4.19. The van der Waals surface area contributed by atoms with Gasteiger partial charge in [0.25, 0.3) is 0 Å². The van der Waals surface area contributed by atoms with E-state index in [1.807, 2.05) is 12.2 Å². The fourth-order valence-corrected chi connectivity index (χ4v) is 4.82. The number of rotatable bonds is 3. The molecule has 0 bridgehead atoms. The first-order valence-corrected chi connectivity index (χ1v) is 10.2. The molecule has 0 atom stereocenters. The van der Waals surface area contributed by atoms with E-state index in [-0.39, 0.29) is 17.1 Å². The molecule has 2 heteroatoms. The number of allylic oxidation sites excluding steroid dienone is 4. The summed E-state index contributed by atoms with van der Waals surface area (Å²) < 4.78 is 0. The first-order valence-electron chi connectivity index (χ1n) is 8.83. The molecule has 0 fully saturated rings. The van der Waals surface area contributed by atoms with Gasteiger partial charge in [-0.3, -0.25) is 6.08 Å². The van der Waals surface area contributed by atoms with Crippen LogP contribution < -0.4 is 15.9 Å². The monoisotopic (exact) mass is 419 g/mol. The van der Waals surface area contributed by atoms with E-state index in [9.17, 15) is 0 Å². The minimum atomic E-state index is -0.446. The van der Waals surface area contributed by atoms with Gasteiger partial charge in [-0.1, -0.05) is 91.0 Å². The Balaban J connectivity index is 0.000000390. The van der Waals surface area contributed by atoms with Gasteiger partial charge in [0.05, 0.1) is 0 Å². The van der Waals surface area contributed by atoms with Crippen LogP contribution in [0.5, 0.6) is 0 Å². The Hall–Kier alpha value is -1.91. The summed E-state index contributed by atoms with van der Waals surface area (Å²) in [6.07, 6.45) is 10.0. The van der Waals surface area contributed by atoms with E-state index in [1.165, 1.54) is 15.9 Å². The Morgan fingerprint density at radius 1 is 0.667 bits per heavy atom. The Bertz CT molecular complexity index is 676. The quantitative estimate of drug-likeness (QED) is 0.295. The topological polar surface area (TPSA) is 0 Å². The third kappa shape index (κ3) is 7.69. The fourth-order valence-electron chi connectivity index (χ4n) is 2.52. The summed E-state index contributed by atoms with van der Waals surface area (Å²) in [6, 6.07) is 32.3. The Labute approximate surface area is 176 Å². The molecule has 3 aromatic rings. The van der Waals surface area contributed by atoms with Gasteiger partial charge in [-0.2, -0.15) is 13.0 Å². The van der Waals surface area contributed by atoms with Crippen molar-refractivity contribution in [1.82, 2.24) is 0 Å². The van der Waals surface area contributed by atoms with E-state index in [4.69, 9.17) is 0 Å². The minimum Gasteiger partial charge on any atom is -0.346 e. The molecule has 0 amide bonds. The van der Waals surface area contributed by atoms with Gasteiger partial charge in [0.2, 0.25) is 0 Å². The molecule has 0 aliphatic heterocycles. The van der Waals surface area contributed by atoms with E-state index in [0.29, 0.717) is 0 Å². The molecule has 4 rings (SSSR count). The SMILES string of the molecule is [C-]1=CC=CC1.[CH2-]C.[Cu+2].c1ccc(P(c2ccccc2)c2ccccc2)cc1. The van der Waals surface area contributed by atoms with Crippen molar-refractivity contribution in [3.05, 3.63) is 122 Å². The van der Waals surface area contributed by atoms with Crippen LogP contribution in [0, 0.1) is 13.0 Å². The maximum absolute atomic E-state index is 3.25. The average molecular weight is 420 g/mol. The average Bonchev–Trinajstić information content (AvgIpc) is 3.33. The van der Waals surface area contributed by atoms with E-state index < -0.39 is 7.92 Å². The number of benzene rings is 3. The first kappa shape index (κ1) is 23.1. The van der Waals surface area contributed by atoms with Crippen molar-refractivity contribution in [2.75, 3.05) is 0 Å². The molecule has 1 radical (unpaired) electrons. The molecule has 0 spiro atoms. The van der Waals surface area contributed by atoms with Crippen LogP contribution in [-0.4, -0.2) is 0 Å². The van der Waals surface area contributed by atoms with Crippen LogP contribution in [0.25, 0.3) is 0 Å². The van der Waals surface area contributed by atoms with Gasteiger partial charge in [-0.15, -0.1) is 6.42 Å². The van der Waals surface area contributed by atoms with Crippen LogP contribution in [0.15, 0.2) is 109 Å². The van der Waals surface area contributed by atoms with Gasteiger partial charge in [0.15, 0.2) is 0 Å². The van der Waals surface area contributed by atoms with Gasteiger partial charge in [0, 0.05) is 0 Å². The molecular weight excluding hydrogens is 395 g/mol. The maximum atomic E-state index is 3.25. The largest absolute Gasteiger partial charge is 2.00 e. The number of hydrogen-bond acceptors (Lipinski definition) is 0. The molecule has 0 saturated heterocycles. The molecule has 0 heterocycles. The molecule has 0 aromatic heterocycles. The molecule has 27 heavy (non-hydrogen) atoms. The summed E-state index contributed by atoms with van der Waals surface area (Å²) in [6.45, 7) is 5.00. The number of hydrogen-bond donors (Lipinski definition) is 0. The van der Waals surface area contributed by atoms with E-state index in [0.717, 1.165) is 6.42 Å². The second-order valence-electron chi connectivity index (χ2n) is 5.35. The molecule has 1 aliphatic rings. The zero-order valence-corrected chi connectivity index (χ0v) is 17.4. The van der Waals surface area contributed by atoms with Crippen LogP contribution in [0.3, 0.4) is 0 Å². The predicted molar refractivity (Wildman–Crippen MR) is 118 cm³/mol. The Kier molecular flexibility index (Phi) is 12.2. The van der Waals surface area contributed by atoms with Crippen LogP contribution >= 0.6 is 7.92 Å². The van der Waals surface area contributed by atoms with Crippen molar-refractivity contribution in [1.29, 1.82) is 0 Å². The summed E-state index contributed by atoms with van der Waals surface area (Å²) in [7, 11) is -0.446. The van der Waals surface area contributed by atoms with Crippen LogP contribution in [0.1, 0.15) is 13.3 Å². The van der Waals surface area contributed by atoms with Crippen molar-refractivity contribution in [3.63, 3.8) is 0 Å². The smallest absolute Gasteiger partial charge is 0.346 e. The third-order valence-corrected chi connectivity index (χ3v) is 6.07. The Morgan fingerprint density at radius 2 is 1.04 bits per heavy atom. The van der Waals surface area contributed by atoms with Crippen molar-refractivity contribution < 1.29 is 17.1 Å². The summed E-state index contributed by atoms with van der Waals surface area (Å²) >= 11 is 0. The van der Waals surface area contributed by atoms with Crippen molar-refractivity contribution in [2.45, 2.75) is 13.3 Å². The maximum Gasteiger partial charge on any atom is 2.00 e. The van der Waals surface area contributed by atoms with E-state index in [1.54, 1.807) is 6.92 Å². The van der Waals surface area contributed by atoms with Gasteiger partial charge in [-0.05, 0) is 23.8 Å². The molecule has 1 aliphatic carbocycles. The van der Waals surface area contributed by atoms with E-state index >= 15 is 0 Å². The van der Waals surface area contributed by atoms with E-state index in [2.05, 4.69) is 110 Å². The van der Waals surface area contributed by atoms with Gasteiger partial charge in [0.1, 0.15) is 0 Å². The first-order chi connectivity index (χ1) is 12.9. The van der Waals surface area contributed by atoms with Crippen molar-refractivity contribution in [2.24, 2.45) is 0 Å². The normalized spacial score (nSPS) is 10.9. The third-order valence-electron chi connectivity index (χ3n) is 3.63. The predicted octanol–water partition coefficient (Wildman–Crippen LogP) is 5.59. The molecule has 0 N–H and O–H groups in total. The Morgan fingerprint density at radius 3 is 1.26 bits per heavy atom. The second-order valence-corrected chi connectivity index (χ2v) is 7.57. The second kappa shape index (κ2) is 14.2. The van der Waals surface area contributed by atoms with Crippen LogP contribution in [0.4, 0.5) is 0 Å².